The average molecular weight is 266 g/mol. The minimum Gasteiger partial charge on any atom is -0.363 e. The Hall–Kier alpha value is -0.940. The highest BCUT2D eigenvalue weighted by molar-refractivity contribution is 8.14. The molecule has 0 aliphatic carbocycles. The summed E-state index contributed by atoms with van der Waals surface area (Å²) in [6.07, 6.45) is 4.37. The molecule has 1 aliphatic heterocycles. The Kier molecular flexibility index (Phi) is 4.12. The molecule has 1 fully saturated rings. The second-order valence-electron chi connectivity index (χ2n) is 4.07. The summed E-state index contributed by atoms with van der Waals surface area (Å²) in [5.74, 6) is 0. The average Bonchev–Trinajstić information content (AvgIpc) is 2.23. The number of thiocarbonyl (C=S) groups is 1. The zero-order chi connectivity index (χ0) is 12.3. The van der Waals surface area contributed by atoms with E-state index < -0.39 is 0 Å². The maximum absolute atomic E-state index is 10.9. The SMILES string of the molecule is CC(=O)SC1CN(C(=S)Cc2cccnc2)C1. The van der Waals surface area contributed by atoms with Crippen molar-refractivity contribution in [3.05, 3.63) is 30.1 Å². The fourth-order valence-electron chi connectivity index (χ4n) is 1.74. The number of rotatable bonds is 3. The molecule has 2 heterocycles. The topological polar surface area (TPSA) is 33.2 Å². The van der Waals surface area contributed by atoms with Crippen molar-refractivity contribution in [3.63, 3.8) is 0 Å². The maximum atomic E-state index is 10.9. The number of carbonyl (C=O) groups excluding carboxylic acids is 1. The maximum Gasteiger partial charge on any atom is 0.186 e. The first-order valence-corrected chi connectivity index (χ1v) is 6.78. The van der Waals surface area contributed by atoms with E-state index in [4.69, 9.17) is 12.2 Å². The van der Waals surface area contributed by atoms with Gasteiger partial charge in [-0.3, -0.25) is 9.78 Å². The molecule has 17 heavy (non-hydrogen) atoms. The highest BCUT2D eigenvalue weighted by Crippen LogP contribution is 2.23. The molecule has 0 bridgehead atoms. The Bertz CT molecular complexity index is 416. The van der Waals surface area contributed by atoms with Gasteiger partial charge in [0.05, 0.1) is 4.99 Å². The van der Waals surface area contributed by atoms with Crippen molar-refractivity contribution < 1.29 is 4.79 Å². The fourth-order valence-corrected chi connectivity index (χ4v) is 3.03. The van der Waals surface area contributed by atoms with Gasteiger partial charge in [-0.05, 0) is 11.6 Å². The van der Waals surface area contributed by atoms with Crippen molar-refractivity contribution in [3.8, 4) is 0 Å². The second-order valence-corrected chi connectivity index (χ2v) is 6.02. The van der Waals surface area contributed by atoms with Gasteiger partial charge in [-0.15, -0.1) is 0 Å². The van der Waals surface area contributed by atoms with Crippen molar-refractivity contribution in [1.82, 2.24) is 9.88 Å². The number of nitrogens with zero attached hydrogens (tertiary/aromatic N) is 2. The molecule has 1 aromatic rings. The monoisotopic (exact) mass is 266 g/mol. The van der Waals surface area contributed by atoms with Gasteiger partial charge in [-0.25, -0.2) is 0 Å². The Balaban J connectivity index is 1.78. The molecular weight excluding hydrogens is 252 g/mol. The van der Waals surface area contributed by atoms with Crippen molar-refractivity contribution >= 4 is 34.1 Å². The molecule has 3 nitrogen and oxygen atoms in total. The molecule has 0 unspecified atom stereocenters. The number of pyridine rings is 1. The van der Waals surface area contributed by atoms with Crippen LogP contribution in [0.3, 0.4) is 0 Å². The van der Waals surface area contributed by atoms with Gasteiger partial charge in [-0.1, -0.05) is 30.0 Å². The van der Waals surface area contributed by atoms with Crippen LogP contribution in [0.25, 0.3) is 0 Å². The van der Waals surface area contributed by atoms with Gasteiger partial charge in [0.2, 0.25) is 0 Å². The van der Waals surface area contributed by atoms with Gasteiger partial charge < -0.3 is 4.90 Å². The first kappa shape index (κ1) is 12.5. The summed E-state index contributed by atoms with van der Waals surface area (Å²) in [5, 5.41) is 0.604. The zero-order valence-corrected chi connectivity index (χ0v) is 11.3. The van der Waals surface area contributed by atoms with E-state index in [9.17, 15) is 4.79 Å². The van der Waals surface area contributed by atoms with Gasteiger partial charge in [0, 0.05) is 44.1 Å². The summed E-state index contributed by atoms with van der Waals surface area (Å²) in [4.78, 5) is 18.1. The lowest BCUT2D eigenvalue weighted by Crippen LogP contribution is -2.52. The molecule has 90 valence electrons. The Morgan fingerprint density at radius 1 is 1.65 bits per heavy atom. The number of hydrogen-bond acceptors (Lipinski definition) is 4. The minimum atomic E-state index is 0.188. The molecule has 0 amide bonds. The highest BCUT2D eigenvalue weighted by Gasteiger charge is 2.29. The molecule has 0 saturated carbocycles. The quantitative estimate of drug-likeness (QED) is 0.781. The first-order valence-electron chi connectivity index (χ1n) is 5.49. The lowest BCUT2D eigenvalue weighted by Gasteiger charge is -2.40. The summed E-state index contributed by atoms with van der Waals surface area (Å²) < 4.78 is 0. The van der Waals surface area contributed by atoms with Crippen LogP contribution in [-0.2, 0) is 11.2 Å². The van der Waals surface area contributed by atoms with Crippen LogP contribution in [-0.4, -0.2) is 38.3 Å². The van der Waals surface area contributed by atoms with Crippen LogP contribution >= 0.6 is 24.0 Å². The lowest BCUT2D eigenvalue weighted by atomic mass is 10.1. The fraction of sp³-hybridized carbons (Fsp3) is 0.417. The van der Waals surface area contributed by atoms with Crippen molar-refractivity contribution in [1.29, 1.82) is 0 Å². The number of carbonyl (C=O) groups is 1. The smallest absolute Gasteiger partial charge is 0.186 e. The van der Waals surface area contributed by atoms with Gasteiger partial charge in [0.1, 0.15) is 0 Å². The van der Waals surface area contributed by atoms with Crippen LogP contribution in [0.4, 0.5) is 0 Å². The number of hydrogen-bond donors (Lipinski definition) is 0. The van der Waals surface area contributed by atoms with E-state index in [1.165, 1.54) is 11.8 Å². The summed E-state index contributed by atoms with van der Waals surface area (Å²) in [6.45, 7) is 3.40. The van der Waals surface area contributed by atoms with Gasteiger partial charge in [0.15, 0.2) is 5.12 Å². The molecule has 0 spiro atoms. The van der Waals surface area contributed by atoms with Crippen molar-refractivity contribution in [2.24, 2.45) is 0 Å². The summed E-state index contributed by atoms with van der Waals surface area (Å²) in [7, 11) is 0. The minimum absolute atomic E-state index is 0.188. The van der Waals surface area contributed by atoms with Gasteiger partial charge >= 0.3 is 0 Å². The molecule has 2 rings (SSSR count). The largest absolute Gasteiger partial charge is 0.363 e. The number of thioether (sulfide) groups is 1. The number of likely N-dealkylation sites (tertiary alicyclic amines) is 1. The highest BCUT2D eigenvalue weighted by atomic mass is 32.2. The van der Waals surface area contributed by atoms with Crippen molar-refractivity contribution in [2.45, 2.75) is 18.6 Å². The Morgan fingerprint density at radius 2 is 2.41 bits per heavy atom. The molecular formula is C12H14N2OS2. The van der Waals surface area contributed by atoms with E-state index in [1.807, 2.05) is 18.3 Å². The molecule has 1 aliphatic rings. The lowest BCUT2D eigenvalue weighted by molar-refractivity contribution is -0.109. The number of aromatic nitrogens is 1. The van der Waals surface area contributed by atoms with E-state index in [-0.39, 0.29) is 5.12 Å². The molecule has 1 saturated heterocycles. The van der Waals surface area contributed by atoms with Crippen LogP contribution in [0.5, 0.6) is 0 Å². The third kappa shape index (κ3) is 3.51. The molecule has 0 N–H and O–H groups in total. The Morgan fingerprint density at radius 3 is 3.00 bits per heavy atom. The van der Waals surface area contributed by atoms with Gasteiger partial charge in [0.25, 0.3) is 0 Å². The van der Waals surface area contributed by atoms with Crippen LogP contribution in [0.15, 0.2) is 24.5 Å². The third-order valence-electron chi connectivity index (χ3n) is 2.61. The van der Waals surface area contributed by atoms with Gasteiger partial charge in [-0.2, -0.15) is 0 Å². The molecule has 5 heteroatoms. The molecule has 0 radical (unpaired) electrons. The van der Waals surface area contributed by atoms with E-state index >= 15 is 0 Å². The molecule has 1 aromatic heterocycles. The van der Waals surface area contributed by atoms with Crippen molar-refractivity contribution in [2.75, 3.05) is 13.1 Å². The van der Waals surface area contributed by atoms with Crippen LogP contribution in [0.1, 0.15) is 12.5 Å². The third-order valence-corrected chi connectivity index (χ3v) is 3.98. The standard InChI is InChI=1S/C12H14N2OS2/c1-9(15)17-11-7-14(8-11)12(16)5-10-3-2-4-13-6-10/h2-4,6,11H,5,7-8H2,1H3. The second kappa shape index (κ2) is 5.60. The van der Waals surface area contributed by atoms with Crippen LogP contribution in [0.2, 0.25) is 0 Å². The van der Waals surface area contributed by atoms with E-state index in [0.29, 0.717) is 5.25 Å². The predicted molar refractivity (Wildman–Crippen MR) is 74.2 cm³/mol. The summed E-state index contributed by atoms with van der Waals surface area (Å²) in [5.41, 5.74) is 1.14. The van der Waals surface area contributed by atoms with E-state index in [0.717, 1.165) is 30.1 Å². The normalized spacial score (nSPS) is 15.5. The van der Waals surface area contributed by atoms with E-state index in [1.54, 1.807) is 13.1 Å². The van der Waals surface area contributed by atoms with Crippen LogP contribution in [0, 0.1) is 0 Å². The zero-order valence-electron chi connectivity index (χ0n) is 9.63. The molecule has 0 atom stereocenters. The van der Waals surface area contributed by atoms with Crippen LogP contribution < -0.4 is 0 Å². The predicted octanol–water partition coefficient (Wildman–Crippen LogP) is 1.92. The molecule has 0 aromatic carbocycles. The Labute approximate surface area is 111 Å². The first-order chi connectivity index (χ1) is 8.15. The van der Waals surface area contributed by atoms with E-state index in [2.05, 4.69) is 9.88 Å². The summed E-state index contributed by atoms with van der Waals surface area (Å²) >= 11 is 6.80. The summed E-state index contributed by atoms with van der Waals surface area (Å²) in [6, 6.07) is 3.95.